The molecule has 1 amide bonds. The molecule has 1 aromatic carbocycles. The van der Waals surface area contributed by atoms with Crippen LogP contribution < -0.4 is 0 Å². The molecule has 2 aliphatic rings. The first-order chi connectivity index (χ1) is 13.7. The molecule has 8 heteroatoms. The van der Waals surface area contributed by atoms with Gasteiger partial charge in [0.1, 0.15) is 5.82 Å². The highest BCUT2D eigenvalue weighted by atomic mass is 35.5. The zero-order chi connectivity index (χ0) is 19.1. The lowest BCUT2D eigenvalue weighted by atomic mass is 9.85. The summed E-state index contributed by atoms with van der Waals surface area (Å²) in [4.78, 5) is 13.0. The van der Waals surface area contributed by atoms with Crippen LogP contribution >= 0.6 is 11.6 Å². The highest BCUT2D eigenvalue weighted by molar-refractivity contribution is 6.30. The average Bonchev–Trinajstić information content (AvgIpc) is 3.36. The van der Waals surface area contributed by atoms with Gasteiger partial charge in [0, 0.05) is 29.9 Å². The van der Waals surface area contributed by atoms with Crippen LogP contribution in [0.2, 0.25) is 5.02 Å². The maximum absolute atomic E-state index is 11.4. The van der Waals surface area contributed by atoms with E-state index >= 15 is 0 Å². The fourth-order valence-electron chi connectivity index (χ4n) is 4.45. The van der Waals surface area contributed by atoms with Crippen LogP contribution in [0.3, 0.4) is 0 Å². The van der Waals surface area contributed by atoms with E-state index in [2.05, 4.69) is 24.5 Å². The summed E-state index contributed by atoms with van der Waals surface area (Å²) in [6.45, 7) is 0.861. The number of carbonyl (C=O) groups excluding carboxylic acids is 1. The molecule has 5 rings (SSSR count). The highest BCUT2D eigenvalue weighted by Crippen LogP contribution is 2.39. The van der Waals surface area contributed by atoms with Crippen molar-refractivity contribution in [2.75, 3.05) is 0 Å². The molecule has 0 saturated heterocycles. The van der Waals surface area contributed by atoms with Gasteiger partial charge in [0.15, 0.2) is 5.82 Å². The van der Waals surface area contributed by atoms with Crippen LogP contribution in [0.25, 0.3) is 5.69 Å². The first-order valence-corrected chi connectivity index (χ1v) is 9.95. The zero-order valence-electron chi connectivity index (χ0n) is 15.3. The molecule has 2 aromatic heterocycles. The molecule has 1 fully saturated rings. The van der Waals surface area contributed by atoms with Crippen molar-refractivity contribution in [3.8, 4) is 5.69 Å². The number of benzene rings is 1. The van der Waals surface area contributed by atoms with E-state index in [0.717, 1.165) is 48.6 Å². The van der Waals surface area contributed by atoms with E-state index in [0.29, 0.717) is 30.1 Å². The molecule has 0 bridgehead atoms. The van der Waals surface area contributed by atoms with Crippen LogP contribution in [-0.2, 0) is 17.9 Å². The van der Waals surface area contributed by atoms with Crippen LogP contribution in [0.1, 0.15) is 54.9 Å². The normalized spacial score (nSPS) is 21.7. The minimum absolute atomic E-state index is 0.336. The van der Waals surface area contributed by atoms with Crippen LogP contribution in [0.5, 0.6) is 0 Å². The SMILES string of the molecule is O=[C]N1Cc2cc(Cl)ccc2-n2c(nnc2C2CCC(n3cccn3)CC2)C1. The third kappa shape index (κ3) is 2.99. The van der Waals surface area contributed by atoms with Gasteiger partial charge in [-0.25, -0.2) is 0 Å². The first kappa shape index (κ1) is 17.4. The van der Waals surface area contributed by atoms with Gasteiger partial charge in [-0.1, -0.05) is 11.6 Å². The molecule has 1 radical (unpaired) electrons. The Morgan fingerprint density at radius 2 is 1.96 bits per heavy atom. The minimum atomic E-state index is 0.336. The maximum atomic E-state index is 11.4. The third-order valence-electron chi connectivity index (χ3n) is 5.82. The number of hydrogen-bond acceptors (Lipinski definition) is 4. The second kappa shape index (κ2) is 7.05. The standard InChI is InChI=1S/C20H20ClN6O/c21-16-4-7-18-15(10-16)11-25(13-28)12-19-23-24-20(27(18)19)14-2-5-17(6-3-14)26-9-1-8-22-26/h1,4,7-10,14,17H,2-3,5-6,11-12H2. The molecular weight excluding hydrogens is 376 g/mol. The van der Waals surface area contributed by atoms with Gasteiger partial charge in [0.25, 0.3) is 0 Å². The van der Waals surface area contributed by atoms with Gasteiger partial charge in [0.05, 0.1) is 18.3 Å². The smallest absolute Gasteiger partial charge is 0.312 e. The Balaban J connectivity index is 1.48. The largest absolute Gasteiger partial charge is 0.322 e. The number of aromatic nitrogens is 5. The summed E-state index contributed by atoms with van der Waals surface area (Å²) in [5, 5.41) is 14.0. The van der Waals surface area contributed by atoms with Crippen molar-refractivity contribution in [3.63, 3.8) is 0 Å². The van der Waals surface area contributed by atoms with Gasteiger partial charge in [0.2, 0.25) is 0 Å². The third-order valence-corrected chi connectivity index (χ3v) is 6.06. The number of amides is 1. The lowest BCUT2D eigenvalue weighted by Gasteiger charge is -2.28. The van der Waals surface area contributed by atoms with Crippen molar-refractivity contribution >= 4 is 18.0 Å². The Hall–Kier alpha value is -2.67. The molecule has 3 aromatic rings. The number of halogens is 1. The molecule has 0 atom stereocenters. The number of nitrogens with zero attached hydrogens (tertiary/aromatic N) is 6. The topological polar surface area (TPSA) is 68.8 Å². The maximum Gasteiger partial charge on any atom is 0.312 e. The monoisotopic (exact) mass is 395 g/mol. The van der Waals surface area contributed by atoms with Gasteiger partial charge >= 0.3 is 6.41 Å². The summed E-state index contributed by atoms with van der Waals surface area (Å²) < 4.78 is 4.19. The van der Waals surface area contributed by atoms with E-state index in [1.54, 1.807) is 4.90 Å². The molecule has 1 saturated carbocycles. The summed E-state index contributed by atoms with van der Waals surface area (Å²) in [7, 11) is 0. The highest BCUT2D eigenvalue weighted by Gasteiger charge is 2.31. The minimum Gasteiger partial charge on any atom is -0.322 e. The second-order valence-electron chi connectivity index (χ2n) is 7.52. The van der Waals surface area contributed by atoms with Gasteiger partial charge in [-0.2, -0.15) is 5.10 Å². The summed E-state index contributed by atoms with van der Waals surface area (Å²) >= 11 is 6.21. The van der Waals surface area contributed by atoms with Crippen LogP contribution in [0, 0.1) is 0 Å². The lowest BCUT2D eigenvalue weighted by molar-refractivity contribution is 0.296. The van der Waals surface area contributed by atoms with Crippen LogP contribution in [0.15, 0.2) is 36.7 Å². The lowest BCUT2D eigenvalue weighted by Crippen LogP contribution is -2.20. The average molecular weight is 396 g/mol. The van der Waals surface area contributed by atoms with E-state index in [4.69, 9.17) is 11.6 Å². The Bertz CT molecular complexity index is 990. The molecule has 3 heterocycles. The van der Waals surface area contributed by atoms with Crippen molar-refractivity contribution in [2.45, 2.75) is 50.7 Å². The number of rotatable bonds is 3. The van der Waals surface area contributed by atoms with Gasteiger partial charge in [-0.05, 0) is 55.5 Å². The molecule has 0 spiro atoms. The zero-order valence-corrected chi connectivity index (χ0v) is 16.1. The fourth-order valence-corrected chi connectivity index (χ4v) is 4.65. The summed E-state index contributed by atoms with van der Waals surface area (Å²) in [5.74, 6) is 2.09. The number of hydrogen-bond donors (Lipinski definition) is 0. The van der Waals surface area contributed by atoms with Gasteiger partial charge < -0.3 is 4.90 Å². The molecule has 28 heavy (non-hydrogen) atoms. The van der Waals surface area contributed by atoms with Crippen molar-refractivity contribution < 1.29 is 4.79 Å². The van der Waals surface area contributed by atoms with Crippen molar-refractivity contribution in [3.05, 3.63) is 58.9 Å². The number of fused-ring (bicyclic) bond motifs is 3. The van der Waals surface area contributed by atoms with Crippen LogP contribution in [0.4, 0.5) is 0 Å². The predicted molar refractivity (Wildman–Crippen MR) is 104 cm³/mol. The molecule has 0 N–H and O–H groups in total. The molecule has 7 nitrogen and oxygen atoms in total. The quantitative estimate of drug-likeness (QED) is 0.681. The second-order valence-corrected chi connectivity index (χ2v) is 7.96. The van der Waals surface area contributed by atoms with E-state index in [9.17, 15) is 4.79 Å². The Labute approximate surface area is 167 Å². The Morgan fingerprint density at radius 3 is 2.71 bits per heavy atom. The van der Waals surface area contributed by atoms with Gasteiger partial charge in [-0.3, -0.25) is 14.0 Å². The first-order valence-electron chi connectivity index (χ1n) is 9.58. The molecule has 1 aliphatic carbocycles. The predicted octanol–water partition coefficient (Wildman–Crippen LogP) is 3.40. The van der Waals surface area contributed by atoms with E-state index in [1.807, 2.05) is 43.1 Å². The molecule has 143 valence electrons. The van der Waals surface area contributed by atoms with Crippen molar-refractivity contribution in [1.29, 1.82) is 0 Å². The summed E-state index contributed by atoms with van der Waals surface area (Å²) in [6, 6.07) is 8.21. The van der Waals surface area contributed by atoms with E-state index in [-0.39, 0.29) is 0 Å². The molecule has 0 unspecified atom stereocenters. The Morgan fingerprint density at radius 1 is 1.11 bits per heavy atom. The van der Waals surface area contributed by atoms with E-state index in [1.165, 1.54) is 0 Å². The Kier molecular flexibility index (Phi) is 4.39. The summed E-state index contributed by atoms with van der Waals surface area (Å²) in [5.41, 5.74) is 1.99. The molecule has 1 aliphatic heterocycles. The van der Waals surface area contributed by atoms with Gasteiger partial charge in [-0.15, -0.1) is 10.2 Å². The molecular formula is C20H20ClN6O. The fraction of sp³-hybridized carbons (Fsp3) is 0.400. The van der Waals surface area contributed by atoms with Crippen molar-refractivity contribution in [1.82, 2.24) is 29.4 Å². The van der Waals surface area contributed by atoms with Crippen LogP contribution in [-0.4, -0.2) is 35.9 Å². The summed E-state index contributed by atoms with van der Waals surface area (Å²) in [6.07, 6.45) is 10.1. The van der Waals surface area contributed by atoms with E-state index < -0.39 is 0 Å². The van der Waals surface area contributed by atoms with Crippen molar-refractivity contribution in [2.24, 2.45) is 0 Å².